The minimum atomic E-state index is 0.0741. The standard InChI is InChI=1S/C24H34N4OS2/c1-14(2)19-20(18-13-27(5)24(29)16(4)15(18)3)25-23-21(19)26-22(31-23)17-7-9-28(10-8-17)11-12-30-6/h13-14,17,25H,7-12H2,1-6H3. The number of likely N-dealkylation sites (tertiary alicyclic amines) is 1. The number of aryl methyl sites for hydroxylation is 1. The number of fused-ring (bicyclic) bond motifs is 1. The molecule has 3 aromatic rings. The van der Waals surface area contributed by atoms with Crippen LogP contribution in [0.1, 0.15) is 60.2 Å². The number of aromatic amines is 1. The van der Waals surface area contributed by atoms with Gasteiger partial charge < -0.3 is 14.5 Å². The van der Waals surface area contributed by atoms with Crippen LogP contribution in [-0.2, 0) is 7.05 Å². The molecule has 0 aliphatic carbocycles. The van der Waals surface area contributed by atoms with Crippen LogP contribution in [0.3, 0.4) is 0 Å². The van der Waals surface area contributed by atoms with E-state index >= 15 is 0 Å². The number of thioether (sulfide) groups is 1. The van der Waals surface area contributed by atoms with Crippen molar-refractivity contribution < 1.29 is 0 Å². The maximum Gasteiger partial charge on any atom is 0.253 e. The number of hydrogen-bond donors (Lipinski definition) is 1. The van der Waals surface area contributed by atoms with Crippen molar-refractivity contribution in [2.45, 2.75) is 52.4 Å². The van der Waals surface area contributed by atoms with Crippen molar-refractivity contribution in [1.29, 1.82) is 0 Å². The molecular formula is C24H34N4OS2. The summed E-state index contributed by atoms with van der Waals surface area (Å²) >= 11 is 3.76. The van der Waals surface area contributed by atoms with E-state index in [1.54, 1.807) is 4.57 Å². The van der Waals surface area contributed by atoms with Crippen LogP contribution in [0, 0.1) is 13.8 Å². The van der Waals surface area contributed by atoms with Gasteiger partial charge in [-0.25, -0.2) is 4.98 Å². The summed E-state index contributed by atoms with van der Waals surface area (Å²) in [5.41, 5.74) is 6.57. The zero-order valence-corrected chi connectivity index (χ0v) is 21.2. The Balaban J connectivity index is 1.68. The largest absolute Gasteiger partial charge is 0.345 e. The normalized spacial score (nSPS) is 16.1. The van der Waals surface area contributed by atoms with E-state index in [1.807, 2.05) is 43.3 Å². The monoisotopic (exact) mass is 458 g/mol. The molecule has 0 aromatic carbocycles. The van der Waals surface area contributed by atoms with E-state index in [-0.39, 0.29) is 5.56 Å². The molecule has 0 amide bonds. The van der Waals surface area contributed by atoms with Crippen molar-refractivity contribution in [3.8, 4) is 11.3 Å². The quantitative estimate of drug-likeness (QED) is 0.546. The van der Waals surface area contributed by atoms with Gasteiger partial charge in [-0.1, -0.05) is 13.8 Å². The lowest BCUT2D eigenvalue weighted by molar-refractivity contribution is 0.224. The Morgan fingerprint density at radius 2 is 1.97 bits per heavy atom. The summed E-state index contributed by atoms with van der Waals surface area (Å²) in [6.07, 6.45) is 6.56. The Bertz CT molecular complexity index is 1130. The van der Waals surface area contributed by atoms with Crippen molar-refractivity contribution in [1.82, 2.24) is 19.4 Å². The van der Waals surface area contributed by atoms with Gasteiger partial charge in [-0.05, 0) is 57.5 Å². The maximum atomic E-state index is 12.4. The first-order valence-corrected chi connectivity index (χ1v) is 13.4. The number of thiazole rings is 1. The van der Waals surface area contributed by atoms with Crippen LogP contribution in [0.2, 0.25) is 0 Å². The van der Waals surface area contributed by atoms with Crippen molar-refractivity contribution in [2.24, 2.45) is 7.05 Å². The first-order valence-electron chi connectivity index (χ1n) is 11.2. The zero-order valence-electron chi connectivity index (χ0n) is 19.5. The number of nitrogens with zero attached hydrogens (tertiary/aromatic N) is 3. The third-order valence-electron chi connectivity index (χ3n) is 6.73. The Morgan fingerprint density at radius 3 is 2.61 bits per heavy atom. The Hall–Kier alpha value is -1.57. The zero-order chi connectivity index (χ0) is 22.3. The third-order valence-corrected chi connectivity index (χ3v) is 8.46. The minimum absolute atomic E-state index is 0.0741. The van der Waals surface area contributed by atoms with Crippen LogP contribution in [-0.4, -0.2) is 51.1 Å². The van der Waals surface area contributed by atoms with E-state index in [0.29, 0.717) is 11.8 Å². The van der Waals surface area contributed by atoms with Crippen molar-refractivity contribution >= 4 is 33.4 Å². The van der Waals surface area contributed by atoms with Crippen LogP contribution in [0.15, 0.2) is 11.0 Å². The van der Waals surface area contributed by atoms with Gasteiger partial charge in [0.2, 0.25) is 0 Å². The molecule has 7 heteroatoms. The van der Waals surface area contributed by atoms with E-state index in [9.17, 15) is 4.79 Å². The fourth-order valence-electron chi connectivity index (χ4n) is 4.70. The molecule has 3 aromatic heterocycles. The van der Waals surface area contributed by atoms with Gasteiger partial charge >= 0.3 is 0 Å². The molecule has 31 heavy (non-hydrogen) atoms. The highest BCUT2D eigenvalue weighted by molar-refractivity contribution is 7.98. The van der Waals surface area contributed by atoms with Crippen LogP contribution in [0.4, 0.5) is 0 Å². The summed E-state index contributed by atoms with van der Waals surface area (Å²) in [4.78, 5) is 25.0. The molecule has 5 nitrogen and oxygen atoms in total. The molecule has 1 aliphatic rings. The number of rotatable bonds is 6. The lowest BCUT2D eigenvalue weighted by atomic mass is 9.95. The molecule has 1 saturated heterocycles. The summed E-state index contributed by atoms with van der Waals surface area (Å²) in [5, 5.41) is 1.28. The molecule has 0 unspecified atom stereocenters. The molecule has 0 atom stereocenters. The number of pyridine rings is 1. The van der Waals surface area contributed by atoms with Gasteiger partial charge in [0, 0.05) is 48.2 Å². The fraction of sp³-hybridized carbons (Fsp3) is 0.583. The molecule has 1 N–H and O–H groups in total. The number of hydrogen-bond acceptors (Lipinski definition) is 5. The number of H-pyrrole nitrogens is 1. The van der Waals surface area contributed by atoms with Gasteiger partial charge in [0.25, 0.3) is 5.56 Å². The molecule has 168 valence electrons. The molecule has 0 saturated carbocycles. The number of nitrogens with one attached hydrogen (secondary N) is 1. The number of piperidine rings is 1. The summed E-state index contributed by atoms with van der Waals surface area (Å²) in [6, 6.07) is 0. The average Bonchev–Trinajstić information content (AvgIpc) is 3.31. The molecule has 4 rings (SSSR count). The lowest BCUT2D eigenvalue weighted by Gasteiger charge is -2.30. The predicted molar refractivity (Wildman–Crippen MR) is 135 cm³/mol. The predicted octanol–water partition coefficient (Wildman–Crippen LogP) is 5.27. The first-order chi connectivity index (χ1) is 14.8. The summed E-state index contributed by atoms with van der Waals surface area (Å²) in [7, 11) is 1.83. The van der Waals surface area contributed by atoms with E-state index in [4.69, 9.17) is 4.98 Å². The molecule has 0 bridgehead atoms. The first kappa shape index (κ1) is 22.6. The number of aromatic nitrogens is 3. The molecule has 0 radical (unpaired) electrons. The van der Waals surface area contributed by atoms with Gasteiger partial charge in [0.15, 0.2) is 0 Å². The Kier molecular flexibility index (Phi) is 6.65. The average molecular weight is 459 g/mol. The second-order valence-electron chi connectivity index (χ2n) is 9.12. The Labute approximate surface area is 193 Å². The van der Waals surface area contributed by atoms with Gasteiger partial charge in [-0.2, -0.15) is 11.8 Å². The highest BCUT2D eigenvalue weighted by Gasteiger charge is 2.27. The van der Waals surface area contributed by atoms with Crippen LogP contribution in [0.25, 0.3) is 21.6 Å². The topological polar surface area (TPSA) is 53.9 Å². The second-order valence-corrected chi connectivity index (χ2v) is 11.1. The SMILES string of the molecule is CSCCN1CCC(c2nc3c(C(C)C)c(-c4cn(C)c(=O)c(C)c4C)[nH]c3s2)CC1. The smallest absolute Gasteiger partial charge is 0.253 e. The van der Waals surface area contributed by atoms with Crippen LogP contribution < -0.4 is 5.56 Å². The van der Waals surface area contributed by atoms with Crippen LogP contribution in [0.5, 0.6) is 0 Å². The second kappa shape index (κ2) is 9.12. The van der Waals surface area contributed by atoms with Crippen molar-refractivity contribution in [3.05, 3.63) is 38.2 Å². The molecule has 1 aliphatic heterocycles. The van der Waals surface area contributed by atoms with Gasteiger partial charge in [-0.3, -0.25) is 4.79 Å². The summed E-state index contributed by atoms with van der Waals surface area (Å²) < 4.78 is 1.69. The van der Waals surface area contributed by atoms with E-state index in [0.717, 1.165) is 27.9 Å². The van der Waals surface area contributed by atoms with Crippen molar-refractivity contribution in [3.63, 3.8) is 0 Å². The van der Waals surface area contributed by atoms with Crippen molar-refractivity contribution in [2.75, 3.05) is 31.6 Å². The molecule has 4 heterocycles. The molecule has 0 spiro atoms. The van der Waals surface area contributed by atoms with Gasteiger partial charge in [0.05, 0.1) is 10.7 Å². The third kappa shape index (κ3) is 4.24. The molecular weight excluding hydrogens is 424 g/mol. The maximum absolute atomic E-state index is 12.4. The summed E-state index contributed by atoms with van der Waals surface area (Å²) in [6.45, 7) is 12.0. The molecule has 1 fully saturated rings. The minimum Gasteiger partial charge on any atom is -0.345 e. The fourth-order valence-corrected chi connectivity index (χ4v) is 6.30. The lowest BCUT2D eigenvalue weighted by Crippen LogP contribution is -2.34. The van der Waals surface area contributed by atoms with E-state index in [2.05, 4.69) is 36.9 Å². The van der Waals surface area contributed by atoms with Gasteiger partial charge in [0.1, 0.15) is 10.3 Å². The highest BCUT2D eigenvalue weighted by atomic mass is 32.2. The summed E-state index contributed by atoms with van der Waals surface area (Å²) in [5.74, 6) is 2.14. The van der Waals surface area contributed by atoms with Crippen LogP contribution >= 0.6 is 23.1 Å². The van der Waals surface area contributed by atoms with E-state index < -0.39 is 0 Å². The van der Waals surface area contributed by atoms with E-state index in [1.165, 1.54) is 53.6 Å². The highest BCUT2D eigenvalue weighted by Crippen LogP contribution is 2.41. The van der Waals surface area contributed by atoms with Gasteiger partial charge in [-0.15, -0.1) is 11.3 Å². The Morgan fingerprint density at radius 1 is 1.26 bits per heavy atom.